The van der Waals surface area contributed by atoms with Crippen LogP contribution in [0.2, 0.25) is 0 Å². The lowest BCUT2D eigenvalue weighted by molar-refractivity contribution is 0.0689. The Morgan fingerprint density at radius 2 is 2.10 bits per heavy atom. The summed E-state index contributed by atoms with van der Waals surface area (Å²) in [7, 11) is 0. The first-order valence-electron chi connectivity index (χ1n) is 5.83. The fraction of sp³-hybridized carbons (Fsp3) is 0.250. The van der Waals surface area contributed by atoms with Gasteiger partial charge in [0, 0.05) is 16.5 Å². The smallest absolute Gasteiger partial charge is 0.358 e. The number of nitrogens with zero attached hydrogens (tertiary/aromatic N) is 3. The summed E-state index contributed by atoms with van der Waals surface area (Å²) in [5.74, 6) is -2.78. The number of carbonyl (C=O) groups is 1. The summed E-state index contributed by atoms with van der Waals surface area (Å²) in [6.45, 7) is 0. The second kappa shape index (κ2) is 4.62. The van der Waals surface area contributed by atoms with E-state index in [1.165, 1.54) is 0 Å². The Bertz CT molecular complexity index is 690. The third-order valence-electron chi connectivity index (χ3n) is 3.07. The zero-order chi connectivity index (χ0) is 14.4. The second-order valence-electron chi connectivity index (χ2n) is 4.53. The topological polar surface area (TPSA) is 68.0 Å². The van der Waals surface area contributed by atoms with Gasteiger partial charge in [-0.2, -0.15) is 0 Å². The van der Waals surface area contributed by atoms with Crippen molar-refractivity contribution in [2.24, 2.45) is 0 Å². The number of carboxylic acids is 1. The first-order valence-corrected chi connectivity index (χ1v) is 6.62. The molecule has 1 fully saturated rings. The van der Waals surface area contributed by atoms with Gasteiger partial charge in [0.2, 0.25) is 0 Å². The maximum atomic E-state index is 14.0. The molecule has 0 aliphatic heterocycles. The lowest BCUT2D eigenvalue weighted by Gasteiger charge is -2.09. The van der Waals surface area contributed by atoms with Crippen LogP contribution >= 0.6 is 15.9 Å². The maximum absolute atomic E-state index is 14.0. The van der Waals surface area contributed by atoms with Crippen molar-refractivity contribution in [1.29, 1.82) is 0 Å². The van der Waals surface area contributed by atoms with Crippen molar-refractivity contribution in [3.63, 3.8) is 0 Å². The lowest BCUT2D eigenvalue weighted by atomic mass is 10.2. The van der Waals surface area contributed by atoms with Gasteiger partial charge in [-0.3, -0.25) is 0 Å². The summed E-state index contributed by atoms with van der Waals surface area (Å²) in [4.78, 5) is 11.1. The van der Waals surface area contributed by atoms with E-state index in [4.69, 9.17) is 5.11 Å². The molecule has 1 heterocycles. The van der Waals surface area contributed by atoms with E-state index in [2.05, 4.69) is 26.2 Å². The zero-order valence-corrected chi connectivity index (χ0v) is 11.6. The molecule has 0 unspecified atom stereocenters. The predicted octanol–water partition coefficient (Wildman–Crippen LogP) is 2.88. The highest BCUT2D eigenvalue weighted by molar-refractivity contribution is 9.10. The molecule has 1 saturated carbocycles. The molecule has 5 nitrogen and oxygen atoms in total. The van der Waals surface area contributed by atoms with Gasteiger partial charge in [-0.15, -0.1) is 5.10 Å². The highest BCUT2D eigenvalue weighted by Crippen LogP contribution is 2.42. The van der Waals surface area contributed by atoms with E-state index in [-0.39, 0.29) is 21.8 Å². The van der Waals surface area contributed by atoms with Crippen molar-refractivity contribution >= 4 is 21.9 Å². The third kappa shape index (κ3) is 2.09. The van der Waals surface area contributed by atoms with Crippen LogP contribution < -0.4 is 0 Å². The van der Waals surface area contributed by atoms with E-state index in [1.54, 1.807) is 0 Å². The van der Waals surface area contributed by atoms with Crippen LogP contribution in [0, 0.1) is 11.6 Å². The Morgan fingerprint density at radius 1 is 1.40 bits per heavy atom. The largest absolute Gasteiger partial charge is 0.476 e. The molecule has 1 N–H and O–H groups in total. The molecule has 0 spiro atoms. The van der Waals surface area contributed by atoms with Crippen molar-refractivity contribution in [3.8, 4) is 5.69 Å². The predicted molar refractivity (Wildman–Crippen MR) is 67.9 cm³/mol. The number of aromatic nitrogens is 3. The molecule has 1 aromatic carbocycles. The molecule has 1 aromatic heterocycles. The summed E-state index contributed by atoms with van der Waals surface area (Å²) in [5.41, 5.74) is 0.125. The van der Waals surface area contributed by atoms with E-state index in [9.17, 15) is 13.6 Å². The van der Waals surface area contributed by atoms with Gasteiger partial charge < -0.3 is 5.11 Å². The molecule has 0 atom stereocenters. The number of halogens is 3. The molecule has 2 aromatic rings. The number of benzene rings is 1. The molecule has 3 rings (SSSR count). The standard InChI is InChI=1S/C12H8BrF2N3O2/c13-7-3-6(14)4-8(15)11(7)18-10(5-1-2-5)9(12(19)20)16-17-18/h3-5H,1-2H2,(H,19,20). The van der Waals surface area contributed by atoms with Crippen LogP contribution in [0.25, 0.3) is 5.69 Å². The van der Waals surface area contributed by atoms with Gasteiger partial charge >= 0.3 is 5.97 Å². The quantitative estimate of drug-likeness (QED) is 0.930. The molecule has 0 bridgehead atoms. The monoisotopic (exact) mass is 343 g/mol. The van der Waals surface area contributed by atoms with Crippen LogP contribution in [0.3, 0.4) is 0 Å². The van der Waals surface area contributed by atoms with Crippen LogP contribution in [0.15, 0.2) is 16.6 Å². The minimum Gasteiger partial charge on any atom is -0.476 e. The van der Waals surface area contributed by atoms with Crippen LogP contribution in [-0.4, -0.2) is 26.1 Å². The molecule has 8 heteroatoms. The minimum atomic E-state index is -1.21. The summed E-state index contributed by atoms with van der Waals surface area (Å²) < 4.78 is 28.4. The Morgan fingerprint density at radius 3 is 2.65 bits per heavy atom. The van der Waals surface area contributed by atoms with Gasteiger partial charge in [-0.1, -0.05) is 5.21 Å². The normalized spacial score (nSPS) is 14.6. The first kappa shape index (κ1) is 13.2. The Balaban J connectivity index is 2.23. The molecule has 1 aliphatic rings. The van der Waals surface area contributed by atoms with Crippen LogP contribution in [0.5, 0.6) is 0 Å². The summed E-state index contributed by atoms with van der Waals surface area (Å²) in [6, 6.07) is 1.82. The maximum Gasteiger partial charge on any atom is 0.358 e. The Hall–Kier alpha value is -1.83. The summed E-state index contributed by atoms with van der Waals surface area (Å²) in [6.07, 6.45) is 1.60. The molecule has 0 saturated heterocycles. The molecule has 0 radical (unpaired) electrons. The van der Waals surface area contributed by atoms with Gasteiger partial charge in [0.05, 0.1) is 5.69 Å². The molecular formula is C12H8BrF2N3O2. The fourth-order valence-corrected chi connectivity index (χ4v) is 2.64. The fourth-order valence-electron chi connectivity index (χ4n) is 2.07. The highest BCUT2D eigenvalue weighted by atomic mass is 79.9. The lowest BCUT2D eigenvalue weighted by Crippen LogP contribution is -2.08. The number of hydrogen-bond donors (Lipinski definition) is 1. The van der Waals surface area contributed by atoms with Gasteiger partial charge in [0.1, 0.15) is 11.5 Å². The SMILES string of the molecule is O=C(O)c1nnn(-c2c(F)cc(F)cc2Br)c1C1CC1. The molecular weight excluding hydrogens is 336 g/mol. The Kier molecular flexibility index (Phi) is 3.04. The van der Waals surface area contributed by atoms with Gasteiger partial charge in [0.25, 0.3) is 0 Å². The number of carboxylic acid groups (broad SMARTS) is 1. The van der Waals surface area contributed by atoms with Crippen LogP contribution in [0.4, 0.5) is 8.78 Å². The van der Waals surface area contributed by atoms with E-state index < -0.39 is 17.6 Å². The third-order valence-corrected chi connectivity index (χ3v) is 3.67. The molecule has 1 aliphatic carbocycles. The summed E-state index contributed by atoms with van der Waals surface area (Å²) in [5, 5.41) is 16.4. The van der Waals surface area contributed by atoms with Crippen LogP contribution in [0.1, 0.15) is 34.9 Å². The van der Waals surface area contributed by atoms with Crippen molar-refractivity contribution < 1.29 is 18.7 Å². The van der Waals surface area contributed by atoms with Crippen molar-refractivity contribution in [1.82, 2.24) is 15.0 Å². The van der Waals surface area contributed by atoms with E-state index >= 15 is 0 Å². The second-order valence-corrected chi connectivity index (χ2v) is 5.39. The van der Waals surface area contributed by atoms with Crippen molar-refractivity contribution in [3.05, 3.63) is 39.6 Å². The minimum absolute atomic E-state index is 0.00699. The molecule has 20 heavy (non-hydrogen) atoms. The zero-order valence-electron chi connectivity index (χ0n) is 9.98. The van der Waals surface area contributed by atoms with E-state index in [0.29, 0.717) is 5.69 Å². The number of rotatable bonds is 3. The average molecular weight is 344 g/mol. The highest BCUT2D eigenvalue weighted by Gasteiger charge is 2.35. The van der Waals surface area contributed by atoms with E-state index in [0.717, 1.165) is 29.7 Å². The van der Waals surface area contributed by atoms with Crippen LogP contribution in [-0.2, 0) is 0 Å². The van der Waals surface area contributed by atoms with Gasteiger partial charge in [-0.25, -0.2) is 18.3 Å². The van der Waals surface area contributed by atoms with Gasteiger partial charge in [0.15, 0.2) is 11.5 Å². The summed E-state index contributed by atoms with van der Waals surface area (Å²) >= 11 is 3.07. The number of aromatic carboxylic acids is 1. The molecule has 104 valence electrons. The van der Waals surface area contributed by atoms with Gasteiger partial charge in [-0.05, 0) is 34.8 Å². The van der Waals surface area contributed by atoms with E-state index in [1.807, 2.05) is 0 Å². The average Bonchev–Trinajstić information content (AvgIpc) is 3.08. The Labute approximate surface area is 120 Å². The first-order chi connectivity index (χ1) is 9.49. The van der Waals surface area contributed by atoms with Crippen molar-refractivity contribution in [2.45, 2.75) is 18.8 Å². The number of hydrogen-bond acceptors (Lipinski definition) is 3. The molecule has 0 amide bonds. The van der Waals surface area contributed by atoms with Crippen molar-refractivity contribution in [2.75, 3.05) is 0 Å².